The lowest BCUT2D eigenvalue weighted by atomic mass is 9.84. The Morgan fingerprint density at radius 3 is 2.24 bits per heavy atom. The van der Waals surface area contributed by atoms with Crippen LogP contribution in [0.15, 0.2) is 60.7 Å². The van der Waals surface area contributed by atoms with Crippen LogP contribution in [0.5, 0.6) is 11.5 Å². The van der Waals surface area contributed by atoms with Crippen molar-refractivity contribution in [3.05, 3.63) is 88.5 Å². The molecular formula is C26H19NO7. The van der Waals surface area contributed by atoms with E-state index in [2.05, 4.69) is 5.32 Å². The maximum atomic E-state index is 12.8. The van der Waals surface area contributed by atoms with Crippen molar-refractivity contribution in [3.63, 3.8) is 0 Å². The third-order valence-electron chi connectivity index (χ3n) is 5.53. The number of esters is 1. The van der Waals surface area contributed by atoms with Gasteiger partial charge in [0, 0.05) is 34.4 Å². The maximum Gasteiger partial charge on any atom is 0.338 e. The van der Waals surface area contributed by atoms with Crippen LogP contribution in [0.25, 0.3) is 0 Å². The van der Waals surface area contributed by atoms with Crippen LogP contribution in [-0.2, 0) is 9.53 Å². The topological polar surface area (TPSA) is 108 Å². The van der Waals surface area contributed by atoms with Gasteiger partial charge in [-0.2, -0.15) is 0 Å². The number of carbonyl (C=O) groups is 4. The molecule has 0 atom stereocenters. The van der Waals surface area contributed by atoms with Crippen molar-refractivity contribution < 1.29 is 33.4 Å². The van der Waals surface area contributed by atoms with Gasteiger partial charge in [-0.3, -0.25) is 14.4 Å². The number of nitrogens with one attached hydrogen (secondary N) is 1. The molecule has 1 aliphatic carbocycles. The summed E-state index contributed by atoms with van der Waals surface area (Å²) in [5.74, 6) is -0.804. The summed E-state index contributed by atoms with van der Waals surface area (Å²) in [6.07, 6.45) is 0.740. The van der Waals surface area contributed by atoms with E-state index in [4.69, 9.17) is 14.2 Å². The molecule has 1 N–H and O–H groups in total. The molecule has 1 amide bonds. The summed E-state index contributed by atoms with van der Waals surface area (Å²) in [5, 5.41) is 2.59. The van der Waals surface area contributed by atoms with Crippen molar-refractivity contribution in [2.45, 2.75) is 6.42 Å². The first kappa shape index (κ1) is 21.4. The van der Waals surface area contributed by atoms with Crippen molar-refractivity contribution in [2.75, 3.05) is 25.1 Å². The summed E-state index contributed by atoms with van der Waals surface area (Å²) in [6.45, 7) is 0.486. The molecule has 0 saturated heterocycles. The molecule has 8 heteroatoms. The zero-order valence-corrected chi connectivity index (χ0v) is 18.0. The Kier molecular flexibility index (Phi) is 5.55. The van der Waals surface area contributed by atoms with E-state index in [9.17, 15) is 19.2 Å². The lowest BCUT2D eigenvalue weighted by Gasteiger charge is -2.18. The largest absolute Gasteiger partial charge is 0.490 e. The number of anilines is 1. The second-order valence-electron chi connectivity index (χ2n) is 7.80. The van der Waals surface area contributed by atoms with Crippen LogP contribution in [0.3, 0.4) is 0 Å². The highest BCUT2D eigenvalue weighted by Gasteiger charge is 2.29. The lowest BCUT2D eigenvalue weighted by molar-refractivity contribution is -0.119. The molecule has 8 nitrogen and oxygen atoms in total. The van der Waals surface area contributed by atoms with Crippen LogP contribution >= 0.6 is 0 Å². The summed E-state index contributed by atoms with van der Waals surface area (Å²) < 4.78 is 16.2. The van der Waals surface area contributed by atoms with Gasteiger partial charge in [0.2, 0.25) is 0 Å². The molecule has 3 aromatic rings. The molecule has 0 unspecified atom stereocenters. The van der Waals surface area contributed by atoms with Gasteiger partial charge in [-0.25, -0.2) is 4.79 Å². The number of carbonyl (C=O) groups excluding carboxylic acids is 4. The molecule has 0 bridgehead atoms. The average molecular weight is 457 g/mol. The fraction of sp³-hybridized carbons (Fsp3) is 0.154. The van der Waals surface area contributed by atoms with Gasteiger partial charge in [0.25, 0.3) is 5.91 Å². The summed E-state index contributed by atoms with van der Waals surface area (Å²) in [5.41, 5.74) is 1.73. The van der Waals surface area contributed by atoms with Crippen molar-refractivity contribution >= 4 is 29.1 Å². The zero-order chi connectivity index (χ0) is 23.7. The monoisotopic (exact) mass is 457 g/mol. The van der Waals surface area contributed by atoms with Crippen molar-refractivity contribution in [1.82, 2.24) is 0 Å². The Morgan fingerprint density at radius 2 is 1.47 bits per heavy atom. The number of benzene rings is 3. The van der Waals surface area contributed by atoms with Crippen molar-refractivity contribution in [1.29, 1.82) is 0 Å². The molecule has 1 heterocycles. The van der Waals surface area contributed by atoms with Crippen LogP contribution in [-0.4, -0.2) is 43.3 Å². The lowest BCUT2D eigenvalue weighted by Crippen LogP contribution is -2.23. The van der Waals surface area contributed by atoms with E-state index >= 15 is 0 Å². The fourth-order valence-corrected chi connectivity index (χ4v) is 3.88. The highest BCUT2D eigenvalue weighted by atomic mass is 16.5. The van der Waals surface area contributed by atoms with Gasteiger partial charge < -0.3 is 19.5 Å². The number of rotatable bonds is 4. The van der Waals surface area contributed by atoms with Gasteiger partial charge in [-0.15, -0.1) is 0 Å². The molecule has 0 saturated carbocycles. The molecule has 0 aromatic heterocycles. The number of amides is 1. The van der Waals surface area contributed by atoms with Crippen LogP contribution in [0.1, 0.15) is 48.6 Å². The molecule has 0 fully saturated rings. The number of hydrogen-bond donors (Lipinski definition) is 1. The average Bonchev–Trinajstić information content (AvgIpc) is 3.11. The van der Waals surface area contributed by atoms with Gasteiger partial charge in [0.05, 0.1) is 18.8 Å². The minimum absolute atomic E-state index is 0.214. The molecule has 34 heavy (non-hydrogen) atoms. The van der Waals surface area contributed by atoms with Crippen molar-refractivity contribution in [3.8, 4) is 11.5 Å². The van der Waals surface area contributed by atoms with E-state index in [-0.39, 0.29) is 28.3 Å². The number of ketones is 2. The Morgan fingerprint density at radius 1 is 0.794 bits per heavy atom. The second kappa shape index (κ2) is 8.82. The molecule has 0 radical (unpaired) electrons. The van der Waals surface area contributed by atoms with Crippen LogP contribution in [0.2, 0.25) is 0 Å². The second-order valence-corrected chi connectivity index (χ2v) is 7.80. The number of ether oxygens (including phenoxy) is 3. The Labute approximate surface area is 194 Å². The van der Waals surface area contributed by atoms with E-state index in [1.807, 2.05) is 0 Å². The van der Waals surface area contributed by atoms with E-state index < -0.39 is 18.5 Å². The number of fused-ring (bicyclic) bond motifs is 3. The highest BCUT2D eigenvalue weighted by Crippen LogP contribution is 2.31. The zero-order valence-electron chi connectivity index (χ0n) is 18.0. The molecule has 2 aliphatic rings. The summed E-state index contributed by atoms with van der Waals surface area (Å²) in [6, 6.07) is 15.8. The van der Waals surface area contributed by atoms with Crippen molar-refractivity contribution in [2.24, 2.45) is 0 Å². The van der Waals surface area contributed by atoms with E-state index in [1.165, 1.54) is 30.3 Å². The van der Waals surface area contributed by atoms with Crippen LogP contribution in [0, 0.1) is 0 Å². The van der Waals surface area contributed by atoms with E-state index in [1.54, 1.807) is 30.3 Å². The first-order valence-corrected chi connectivity index (χ1v) is 10.7. The predicted molar refractivity (Wildman–Crippen MR) is 121 cm³/mol. The van der Waals surface area contributed by atoms with Gasteiger partial charge in [0.1, 0.15) is 0 Å². The maximum absolute atomic E-state index is 12.8. The first-order valence-electron chi connectivity index (χ1n) is 10.7. The molecule has 1 aliphatic heterocycles. The standard InChI is InChI=1S/C26H19NO7/c28-23(14-34-26(31)15-6-9-21-22(12-15)33-11-3-10-32-21)27-16-7-8-19-20(13-16)25(30)18-5-2-1-4-17(18)24(19)29/h1-2,4-9,12-13H,3,10-11,14H2,(H,27,28). The minimum Gasteiger partial charge on any atom is -0.490 e. The molecule has 3 aromatic carbocycles. The summed E-state index contributed by atoms with van der Waals surface area (Å²) in [7, 11) is 0. The fourth-order valence-electron chi connectivity index (χ4n) is 3.88. The minimum atomic E-state index is -0.686. The Hall–Kier alpha value is -4.46. The molecule has 170 valence electrons. The Balaban J connectivity index is 1.24. The van der Waals surface area contributed by atoms with Crippen LogP contribution < -0.4 is 14.8 Å². The smallest absolute Gasteiger partial charge is 0.338 e. The highest BCUT2D eigenvalue weighted by molar-refractivity contribution is 6.28. The quantitative estimate of drug-likeness (QED) is 0.468. The van der Waals surface area contributed by atoms with Gasteiger partial charge in [0.15, 0.2) is 29.7 Å². The van der Waals surface area contributed by atoms with E-state index in [0.717, 1.165) is 6.42 Å². The SMILES string of the molecule is O=C(COC(=O)c1ccc2c(c1)OCCCO2)Nc1ccc2c(c1)C(=O)c1ccccc1C2=O. The molecule has 5 rings (SSSR count). The van der Waals surface area contributed by atoms with Gasteiger partial charge in [-0.1, -0.05) is 24.3 Å². The third-order valence-corrected chi connectivity index (χ3v) is 5.53. The first-order chi connectivity index (χ1) is 16.5. The molecule has 0 spiro atoms. The summed E-state index contributed by atoms with van der Waals surface area (Å²) in [4.78, 5) is 50.3. The third kappa shape index (κ3) is 4.01. The normalized spacial score (nSPS) is 13.9. The summed E-state index contributed by atoms with van der Waals surface area (Å²) >= 11 is 0. The van der Waals surface area contributed by atoms with Gasteiger partial charge >= 0.3 is 5.97 Å². The Bertz CT molecular complexity index is 1340. The van der Waals surface area contributed by atoms with Crippen LogP contribution in [0.4, 0.5) is 5.69 Å². The predicted octanol–water partition coefficient (Wildman–Crippen LogP) is 3.42. The molecular weight excluding hydrogens is 438 g/mol. The van der Waals surface area contributed by atoms with E-state index in [0.29, 0.717) is 41.5 Å². The van der Waals surface area contributed by atoms with Gasteiger partial charge in [-0.05, 0) is 36.4 Å². The number of hydrogen-bond acceptors (Lipinski definition) is 7.